The van der Waals surface area contributed by atoms with E-state index in [0.29, 0.717) is 50.3 Å². The second kappa shape index (κ2) is 9.77. The van der Waals surface area contributed by atoms with Crippen molar-refractivity contribution in [3.8, 4) is 0 Å². The van der Waals surface area contributed by atoms with Crippen LogP contribution in [-0.2, 0) is 9.59 Å². The van der Waals surface area contributed by atoms with Crippen LogP contribution in [0.4, 0.5) is 0 Å². The molecular weight excluding hydrogens is 338 g/mol. The normalized spacial score (nSPS) is 28.4. The van der Waals surface area contributed by atoms with Crippen molar-refractivity contribution < 1.29 is 9.59 Å². The molecule has 1 heterocycles. The van der Waals surface area contributed by atoms with Crippen molar-refractivity contribution in [1.29, 1.82) is 0 Å². The molecule has 0 aromatic heterocycles. The van der Waals surface area contributed by atoms with Gasteiger partial charge in [-0.3, -0.25) is 9.59 Å². The van der Waals surface area contributed by atoms with Crippen LogP contribution in [0.15, 0.2) is 0 Å². The molecule has 6 heteroatoms. The second-order valence-corrected chi connectivity index (χ2v) is 8.03. The molecule has 0 radical (unpaired) electrons. The fourth-order valence-electron chi connectivity index (χ4n) is 4.57. The van der Waals surface area contributed by atoms with E-state index in [1.165, 1.54) is 32.1 Å². The molecule has 0 bridgehead atoms. The standard InChI is InChI=1S/C19H33N3O2.ClH/c20-17-8-6-16(7-9-17)19(24)22-12-10-21(11-13-22)18(23)14-15-4-2-1-3-5-15;/h15-17H,1-14,20H2;1H. The molecule has 1 aliphatic heterocycles. The van der Waals surface area contributed by atoms with Crippen LogP contribution in [0.5, 0.6) is 0 Å². The van der Waals surface area contributed by atoms with Crippen LogP contribution in [0.1, 0.15) is 64.2 Å². The van der Waals surface area contributed by atoms with E-state index in [-0.39, 0.29) is 24.4 Å². The lowest BCUT2D eigenvalue weighted by Gasteiger charge is -2.38. The monoisotopic (exact) mass is 371 g/mol. The highest BCUT2D eigenvalue weighted by molar-refractivity contribution is 5.85. The number of amides is 2. The molecule has 2 N–H and O–H groups in total. The highest BCUT2D eigenvalue weighted by atomic mass is 35.5. The van der Waals surface area contributed by atoms with Gasteiger partial charge in [0.2, 0.25) is 11.8 Å². The Morgan fingerprint density at radius 3 is 1.96 bits per heavy atom. The molecule has 2 saturated carbocycles. The first kappa shape index (κ1) is 20.5. The van der Waals surface area contributed by atoms with Gasteiger partial charge < -0.3 is 15.5 Å². The zero-order valence-electron chi connectivity index (χ0n) is 15.3. The summed E-state index contributed by atoms with van der Waals surface area (Å²) in [6.45, 7) is 2.84. The average Bonchev–Trinajstić information content (AvgIpc) is 2.63. The Kier molecular flexibility index (Phi) is 8.01. The molecule has 2 aliphatic carbocycles. The minimum atomic E-state index is 0. The molecule has 3 fully saturated rings. The third-order valence-electron chi connectivity index (χ3n) is 6.25. The molecule has 0 aromatic carbocycles. The van der Waals surface area contributed by atoms with Crippen LogP contribution >= 0.6 is 12.4 Å². The van der Waals surface area contributed by atoms with E-state index in [1.54, 1.807) is 0 Å². The van der Waals surface area contributed by atoms with Gasteiger partial charge in [-0.1, -0.05) is 19.3 Å². The summed E-state index contributed by atoms with van der Waals surface area (Å²) in [5.74, 6) is 1.35. The highest BCUT2D eigenvalue weighted by Gasteiger charge is 2.31. The lowest BCUT2D eigenvalue weighted by atomic mass is 9.85. The molecule has 0 atom stereocenters. The van der Waals surface area contributed by atoms with Crippen LogP contribution < -0.4 is 5.73 Å². The number of nitrogens with two attached hydrogens (primary N) is 1. The SMILES string of the molecule is Cl.NC1CCC(C(=O)N2CCN(C(=O)CC3CCCCC3)CC2)CC1. The summed E-state index contributed by atoms with van der Waals surface area (Å²) in [7, 11) is 0. The van der Waals surface area contributed by atoms with Crippen molar-refractivity contribution in [2.24, 2.45) is 17.6 Å². The Hall–Kier alpha value is -0.810. The molecule has 1 saturated heterocycles. The summed E-state index contributed by atoms with van der Waals surface area (Å²) in [6.07, 6.45) is 10.8. The molecule has 3 aliphatic rings. The van der Waals surface area contributed by atoms with Gasteiger partial charge in [0.05, 0.1) is 0 Å². The van der Waals surface area contributed by atoms with Crippen molar-refractivity contribution >= 4 is 24.2 Å². The topological polar surface area (TPSA) is 66.6 Å². The van der Waals surface area contributed by atoms with E-state index in [4.69, 9.17) is 5.73 Å². The number of hydrogen-bond donors (Lipinski definition) is 1. The lowest BCUT2D eigenvalue weighted by molar-refractivity contribution is -0.143. The van der Waals surface area contributed by atoms with E-state index in [1.807, 2.05) is 9.80 Å². The molecule has 0 spiro atoms. The summed E-state index contributed by atoms with van der Waals surface area (Å²) < 4.78 is 0. The average molecular weight is 372 g/mol. The molecule has 2 amide bonds. The third kappa shape index (κ3) is 5.58. The van der Waals surface area contributed by atoms with Crippen molar-refractivity contribution in [2.45, 2.75) is 70.3 Å². The fourth-order valence-corrected chi connectivity index (χ4v) is 4.57. The highest BCUT2D eigenvalue weighted by Crippen LogP contribution is 2.28. The number of halogens is 1. The third-order valence-corrected chi connectivity index (χ3v) is 6.25. The molecule has 0 aromatic rings. The Balaban J connectivity index is 0.00000225. The maximum Gasteiger partial charge on any atom is 0.225 e. The van der Waals surface area contributed by atoms with E-state index in [0.717, 1.165) is 25.7 Å². The molecule has 25 heavy (non-hydrogen) atoms. The van der Waals surface area contributed by atoms with Gasteiger partial charge in [0, 0.05) is 44.6 Å². The first-order valence-corrected chi connectivity index (χ1v) is 9.95. The first-order chi connectivity index (χ1) is 11.6. The van der Waals surface area contributed by atoms with Gasteiger partial charge in [0.1, 0.15) is 0 Å². The maximum absolute atomic E-state index is 12.6. The molecule has 144 valence electrons. The molecule has 5 nitrogen and oxygen atoms in total. The van der Waals surface area contributed by atoms with E-state index < -0.39 is 0 Å². The van der Waals surface area contributed by atoms with Gasteiger partial charge in [-0.15, -0.1) is 12.4 Å². The maximum atomic E-state index is 12.6. The second-order valence-electron chi connectivity index (χ2n) is 8.03. The Morgan fingerprint density at radius 2 is 1.36 bits per heavy atom. The Labute approximate surface area is 158 Å². The molecular formula is C19H34ClN3O2. The zero-order valence-corrected chi connectivity index (χ0v) is 16.1. The van der Waals surface area contributed by atoms with Gasteiger partial charge in [0.25, 0.3) is 0 Å². The van der Waals surface area contributed by atoms with Gasteiger partial charge in [0.15, 0.2) is 0 Å². The number of piperazine rings is 1. The Morgan fingerprint density at radius 1 is 0.800 bits per heavy atom. The van der Waals surface area contributed by atoms with Gasteiger partial charge >= 0.3 is 0 Å². The predicted octanol–water partition coefficient (Wildman–Crippen LogP) is 2.57. The minimum absolute atomic E-state index is 0. The minimum Gasteiger partial charge on any atom is -0.339 e. The van der Waals surface area contributed by atoms with Gasteiger partial charge in [-0.25, -0.2) is 0 Å². The number of carbonyl (C=O) groups excluding carboxylic acids is 2. The van der Waals surface area contributed by atoms with Crippen LogP contribution in [-0.4, -0.2) is 53.8 Å². The van der Waals surface area contributed by atoms with Crippen molar-refractivity contribution in [1.82, 2.24) is 9.80 Å². The summed E-state index contributed by atoms with van der Waals surface area (Å²) in [5, 5.41) is 0. The number of rotatable bonds is 3. The van der Waals surface area contributed by atoms with Crippen LogP contribution in [0.2, 0.25) is 0 Å². The van der Waals surface area contributed by atoms with Crippen molar-refractivity contribution in [2.75, 3.05) is 26.2 Å². The van der Waals surface area contributed by atoms with Crippen LogP contribution in [0, 0.1) is 11.8 Å². The lowest BCUT2D eigenvalue weighted by Crippen LogP contribution is -2.52. The quantitative estimate of drug-likeness (QED) is 0.829. The number of hydrogen-bond acceptors (Lipinski definition) is 3. The molecule has 0 unspecified atom stereocenters. The zero-order chi connectivity index (χ0) is 16.9. The fraction of sp³-hybridized carbons (Fsp3) is 0.895. The van der Waals surface area contributed by atoms with Crippen molar-refractivity contribution in [3.05, 3.63) is 0 Å². The summed E-state index contributed by atoms with van der Waals surface area (Å²) >= 11 is 0. The smallest absolute Gasteiger partial charge is 0.225 e. The van der Waals surface area contributed by atoms with Crippen molar-refractivity contribution in [3.63, 3.8) is 0 Å². The summed E-state index contributed by atoms with van der Waals surface area (Å²) in [5.41, 5.74) is 5.93. The number of nitrogens with zero attached hydrogens (tertiary/aromatic N) is 2. The Bertz CT molecular complexity index is 438. The van der Waals surface area contributed by atoms with Gasteiger partial charge in [-0.2, -0.15) is 0 Å². The summed E-state index contributed by atoms with van der Waals surface area (Å²) in [6, 6.07) is 0.281. The largest absolute Gasteiger partial charge is 0.339 e. The van der Waals surface area contributed by atoms with Gasteiger partial charge in [-0.05, 0) is 44.4 Å². The molecule has 3 rings (SSSR count). The van der Waals surface area contributed by atoms with E-state index in [9.17, 15) is 9.59 Å². The van der Waals surface area contributed by atoms with E-state index in [2.05, 4.69) is 0 Å². The van der Waals surface area contributed by atoms with Crippen LogP contribution in [0.25, 0.3) is 0 Å². The van der Waals surface area contributed by atoms with Crippen LogP contribution in [0.3, 0.4) is 0 Å². The predicted molar refractivity (Wildman–Crippen MR) is 102 cm³/mol. The first-order valence-electron chi connectivity index (χ1n) is 9.95. The number of carbonyl (C=O) groups is 2. The summed E-state index contributed by atoms with van der Waals surface area (Å²) in [4.78, 5) is 29.1. The van der Waals surface area contributed by atoms with E-state index >= 15 is 0 Å².